The number of aromatic nitrogens is 5. The number of ether oxygens (including phenoxy) is 1. The normalized spacial score (nSPS) is 20.6. The van der Waals surface area contributed by atoms with Crippen molar-refractivity contribution >= 4 is 57.5 Å². The first-order valence-corrected chi connectivity index (χ1v) is 21.3. The molecule has 3 saturated heterocycles. The Morgan fingerprint density at radius 2 is 1.68 bits per heavy atom. The number of fused-ring (bicyclic) bond motifs is 3. The van der Waals surface area contributed by atoms with Gasteiger partial charge in [-0.1, -0.05) is 0 Å². The van der Waals surface area contributed by atoms with Crippen molar-refractivity contribution in [1.29, 1.82) is 0 Å². The topological polar surface area (TPSA) is 176 Å². The lowest BCUT2D eigenvalue weighted by Crippen LogP contribution is -2.54. The van der Waals surface area contributed by atoms with E-state index >= 15 is 0 Å². The maximum Gasteiger partial charge on any atom is 0.262 e. The quantitative estimate of drug-likeness (QED) is 0.169. The van der Waals surface area contributed by atoms with Crippen LogP contribution in [0, 0.1) is 17.8 Å². The van der Waals surface area contributed by atoms with Crippen molar-refractivity contribution < 1.29 is 28.7 Å². The zero-order valence-corrected chi connectivity index (χ0v) is 33.4. The first-order valence-electron chi connectivity index (χ1n) is 21.3. The van der Waals surface area contributed by atoms with Crippen molar-refractivity contribution in [2.24, 2.45) is 17.8 Å². The second kappa shape index (κ2) is 15.8. The van der Waals surface area contributed by atoms with Gasteiger partial charge in [0.05, 0.1) is 35.1 Å². The van der Waals surface area contributed by atoms with Crippen molar-refractivity contribution in [1.82, 2.24) is 39.5 Å². The van der Waals surface area contributed by atoms with Gasteiger partial charge in [0.15, 0.2) is 5.65 Å². The molecule has 2 N–H and O–H groups in total. The Balaban J connectivity index is 0.703. The Hall–Kier alpha value is -6.16. The van der Waals surface area contributed by atoms with Gasteiger partial charge in [0, 0.05) is 68.3 Å². The van der Waals surface area contributed by atoms with Crippen molar-refractivity contribution in [2.45, 2.75) is 70.4 Å². The monoisotopic (exact) mass is 812 g/mol. The third-order valence-electron chi connectivity index (χ3n) is 13.0. The Morgan fingerprint density at radius 3 is 2.48 bits per heavy atom. The number of benzene rings is 2. The molecule has 7 heterocycles. The third-order valence-corrected chi connectivity index (χ3v) is 13.0. The largest absolute Gasteiger partial charge is 0.491 e. The number of hydrogen-bond acceptors (Lipinski definition) is 11. The minimum Gasteiger partial charge on any atom is -0.491 e. The van der Waals surface area contributed by atoms with Crippen molar-refractivity contribution in [3.63, 3.8) is 0 Å². The van der Waals surface area contributed by atoms with Crippen LogP contribution in [-0.2, 0) is 16.1 Å². The third kappa shape index (κ3) is 7.59. The van der Waals surface area contributed by atoms with E-state index in [0.29, 0.717) is 58.1 Å². The first kappa shape index (κ1) is 38.1. The zero-order valence-electron chi connectivity index (χ0n) is 33.4. The van der Waals surface area contributed by atoms with Gasteiger partial charge in [-0.3, -0.25) is 38.9 Å². The molecule has 16 heteroatoms. The second-order valence-corrected chi connectivity index (χ2v) is 17.1. The fourth-order valence-corrected chi connectivity index (χ4v) is 9.27. The van der Waals surface area contributed by atoms with Crippen LogP contribution < -0.4 is 20.3 Å². The van der Waals surface area contributed by atoms with E-state index in [4.69, 9.17) is 9.84 Å². The molecule has 5 amide bonds. The Labute approximate surface area is 346 Å². The molecule has 0 bridgehead atoms. The van der Waals surface area contributed by atoms with Crippen LogP contribution in [0.25, 0.3) is 16.6 Å². The summed E-state index contributed by atoms with van der Waals surface area (Å²) in [5.41, 5.74) is 3.88. The highest BCUT2D eigenvalue weighted by atomic mass is 16.5. The smallest absolute Gasteiger partial charge is 0.262 e. The maximum atomic E-state index is 13.4. The number of rotatable bonds is 12. The van der Waals surface area contributed by atoms with Gasteiger partial charge in [0.1, 0.15) is 17.4 Å². The lowest BCUT2D eigenvalue weighted by atomic mass is 9.91. The molecule has 5 aromatic rings. The average Bonchev–Trinajstić information content (AvgIpc) is 3.76. The number of nitrogens with zero attached hydrogens (tertiary/aromatic N) is 8. The predicted molar refractivity (Wildman–Crippen MR) is 221 cm³/mol. The predicted octanol–water partition coefficient (Wildman–Crippen LogP) is 4.54. The van der Waals surface area contributed by atoms with Crippen LogP contribution in [0.3, 0.4) is 0 Å². The maximum absolute atomic E-state index is 13.4. The highest BCUT2D eigenvalue weighted by Gasteiger charge is 2.45. The highest BCUT2D eigenvalue weighted by molar-refractivity contribution is 6.23. The fourth-order valence-electron chi connectivity index (χ4n) is 9.27. The molecule has 16 nitrogen and oxygen atoms in total. The Bertz CT molecular complexity index is 2510. The molecule has 4 aliphatic heterocycles. The van der Waals surface area contributed by atoms with Gasteiger partial charge in [-0.05, 0) is 113 Å². The molecule has 1 unspecified atom stereocenters. The summed E-state index contributed by atoms with van der Waals surface area (Å²) >= 11 is 0. The molecule has 1 aliphatic carbocycles. The lowest BCUT2D eigenvalue weighted by molar-refractivity contribution is -0.136. The molecular weight excluding hydrogens is 765 g/mol. The molecular formula is C44H48N10O6. The number of aryl methyl sites for hydroxylation is 1. The molecule has 3 aromatic heterocycles. The molecule has 1 saturated carbocycles. The van der Waals surface area contributed by atoms with Crippen LogP contribution in [0.4, 0.5) is 11.4 Å². The van der Waals surface area contributed by atoms with Gasteiger partial charge in [-0.15, -0.1) is 0 Å². The molecule has 310 valence electrons. The van der Waals surface area contributed by atoms with Gasteiger partial charge in [-0.25, -0.2) is 9.50 Å². The average molecular weight is 813 g/mol. The first-order chi connectivity index (χ1) is 29.2. The fraction of sp³-hybridized carbons (Fsp3) is 0.455. The van der Waals surface area contributed by atoms with Crippen molar-refractivity contribution in [3.8, 4) is 5.75 Å². The van der Waals surface area contributed by atoms with Crippen LogP contribution in [0.2, 0.25) is 0 Å². The van der Waals surface area contributed by atoms with Crippen LogP contribution in [0.1, 0.15) is 88.9 Å². The van der Waals surface area contributed by atoms with Crippen molar-refractivity contribution in [3.05, 3.63) is 77.9 Å². The number of carbonyl (C=O) groups is 5. The van der Waals surface area contributed by atoms with E-state index in [-0.39, 0.29) is 24.7 Å². The van der Waals surface area contributed by atoms with E-state index in [1.807, 2.05) is 22.9 Å². The molecule has 2 aromatic carbocycles. The molecule has 10 rings (SSSR count). The molecule has 0 radical (unpaired) electrons. The molecule has 1 atom stereocenters. The van der Waals surface area contributed by atoms with E-state index in [9.17, 15) is 24.0 Å². The van der Waals surface area contributed by atoms with Gasteiger partial charge >= 0.3 is 0 Å². The van der Waals surface area contributed by atoms with Gasteiger partial charge in [0.25, 0.3) is 17.7 Å². The summed E-state index contributed by atoms with van der Waals surface area (Å²) in [6.07, 6.45) is 15.0. The SMILES string of the molecule is O=C1CCC(N2C(=O)c3ccc(N4CCC(CN5CCC(CCn6cc7cc(NC(=O)c8cnn9cccnc89)c(OCC8CC8)cc7n6)CC5)CC4)cc3C2=O)C(=O)N1. The van der Waals surface area contributed by atoms with Crippen molar-refractivity contribution in [2.75, 3.05) is 49.5 Å². The van der Waals surface area contributed by atoms with Gasteiger partial charge in [0.2, 0.25) is 11.8 Å². The number of imide groups is 2. The van der Waals surface area contributed by atoms with E-state index < -0.39 is 23.8 Å². The van der Waals surface area contributed by atoms with Crippen LogP contribution >= 0.6 is 0 Å². The highest BCUT2D eigenvalue weighted by Crippen LogP contribution is 2.36. The number of amides is 5. The summed E-state index contributed by atoms with van der Waals surface area (Å²) in [7, 11) is 0. The number of carbonyl (C=O) groups excluding carboxylic acids is 5. The number of likely N-dealkylation sites (tertiary alicyclic amines) is 1. The van der Waals surface area contributed by atoms with E-state index in [2.05, 4.69) is 36.7 Å². The molecule has 4 fully saturated rings. The van der Waals surface area contributed by atoms with Crippen LogP contribution in [-0.4, -0.2) is 109 Å². The second-order valence-electron chi connectivity index (χ2n) is 17.1. The van der Waals surface area contributed by atoms with Crippen LogP contribution in [0.5, 0.6) is 5.75 Å². The summed E-state index contributed by atoms with van der Waals surface area (Å²) in [6.45, 7) is 6.44. The minimum atomic E-state index is -0.964. The van der Waals surface area contributed by atoms with Gasteiger partial charge in [-0.2, -0.15) is 10.2 Å². The molecule has 60 heavy (non-hydrogen) atoms. The summed E-state index contributed by atoms with van der Waals surface area (Å²) in [4.78, 5) is 74.3. The Morgan fingerprint density at radius 1 is 0.883 bits per heavy atom. The molecule has 0 spiro atoms. The number of hydrogen-bond donors (Lipinski definition) is 2. The van der Waals surface area contributed by atoms with E-state index in [0.717, 1.165) is 106 Å². The number of nitrogens with one attached hydrogen (secondary N) is 2. The number of piperidine rings is 3. The summed E-state index contributed by atoms with van der Waals surface area (Å²) < 4.78 is 9.84. The van der Waals surface area contributed by atoms with Gasteiger partial charge < -0.3 is 19.9 Å². The van der Waals surface area contributed by atoms with E-state index in [1.54, 1.807) is 35.1 Å². The zero-order chi connectivity index (χ0) is 40.9. The van der Waals surface area contributed by atoms with Crippen LogP contribution in [0.15, 0.2) is 61.2 Å². The Kier molecular flexibility index (Phi) is 10.0. The minimum absolute atomic E-state index is 0.0988. The molecule has 5 aliphatic rings. The number of anilines is 2. The summed E-state index contributed by atoms with van der Waals surface area (Å²) in [5, 5.41) is 15.4. The summed E-state index contributed by atoms with van der Waals surface area (Å²) in [6, 6.07) is 10.1. The van der Waals surface area contributed by atoms with E-state index in [1.165, 1.54) is 6.20 Å². The standard InChI is InChI=1S/C44H48N10O6/c55-39-7-6-37(42(57)48-39)54-43(58)32-5-4-31(21-33(32)44(54)59)51-17-10-28(11-18-51)24-50-15-8-27(9-16-50)12-19-52-25-30-20-36(38(22-35(30)49-52)60-26-29-2-3-29)47-41(56)34-23-46-53-14-1-13-45-40(34)53/h1,4-5,13-14,20-23,25,27-29,37H,2-3,6-12,15-19,24,26H2,(H,47,56)(H,48,55,57). The lowest BCUT2D eigenvalue weighted by Gasteiger charge is -2.38. The summed E-state index contributed by atoms with van der Waals surface area (Å²) in [5.74, 6) is 0.172.